The van der Waals surface area contributed by atoms with Crippen molar-refractivity contribution in [2.75, 3.05) is 6.61 Å². The molecule has 1 heterocycles. The van der Waals surface area contributed by atoms with E-state index in [9.17, 15) is 33.0 Å². The topological polar surface area (TPSA) is 88.8 Å². The number of hydrogen-bond acceptors (Lipinski definition) is 3. The van der Waals surface area contributed by atoms with E-state index in [-0.39, 0.29) is 18.3 Å². The van der Waals surface area contributed by atoms with Gasteiger partial charge in [0, 0.05) is 23.6 Å². The third-order valence-corrected chi connectivity index (χ3v) is 7.86. The van der Waals surface area contributed by atoms with Crippen LogP contribution in [0.5, 0.6) is 5.75 Å². The zero-order valence-electron chi connectivity index (χ0n) is 23.5. The summed E-state index contributed by atoms with van der Waals surface area (Å²) in [5, 5.41) is 19.7. The minimum absolute atomic E-state index is 0.0959. The fourth-order valence-electron chi connectivity index (χ4n) is 5.52. The zero-order chi connectivity index (χ0) is 30.6. The lowest BCUT2D eigenvalue weighted by Crippen LogP contribution is -2.15. The summed E-state index contributed by atoms with van der Waals surface area (Å²) in [4.78, 5) is 23.0. The fraction of sp³-hybridized carbons (Fsp3) is 0.294. The molecule has 1 saturated carbocycles. The predicted molar refractivity (Wildman–Crippen MR) is 157 cm³/mol. The van der Waals surface area contributed by atoms with Gasteiger partial charge in [-0.3, -0.25) is 9.59 Å². The van der Waals surface area contributed by atoms with Crippen LogP contribution in [-0.4, -0.2) is 33.3 Å². The summed E-state index contributed by atoms with van der Waals surface area (Å²) in [5.74, 6) is -4.91. The lowest BCUT2D eigenvalue weighted by molar-refractivity contribution is -0.138. The molecule has 224 valence electrons. The molecule has 0 aliphatic heterocycles. The zero-order valence-corrected chi connectivity index (χ0v) is 23.5. The van der Waals surface area contributed by atoms with Gasteiger partial charge in [0.15, 0.2) is 17.5 Å². The maximum atomic E-state index is 13.4. The Morgan fingerprint density at radius 2 is 1.65 bits per heavy atom. The molecule has 0 atom stereocenters. The molecule has 1 aliphatic rings. The van der Waals surface area contributed by atoms with Crippen LogP contribution in [0.2, 0.25) is 0 Å². The summed E-state index contributed by atoms with van der Waals surface area (Å²) >= 11 is 0. The lowest BCUT2D eigenvalue weighted by atomic mass is 10.0. The Labute approximate surface area is 247 Å². The van der Waals surface area contributed by atoms with Gasteiger partial charge in [-0.15, -0.1) is 0 Å². The van der Waals surface area contributed by atoms with E-state index >= 15 is 0 Å². The van der Waals surface area contributed by atoms with Gasteiger partial charge in [-0.2, -0.15) is 0 Å². The summed E-state index contributed by atoms with van der Waals surface area (Å²) in [6.07, 6.45) is 9.06. The molecule has 0 unspecified atom stereocenters. The molecule has 4 aromatic rings. The van der Waals surface area contributed by atoms with Crippen molar-refractivity contribution in [1.82, 2.24) is 4.57 Å². The van der Waals surface area contributed by atoms with Gasteiger partial charge in [-0.1, -0.05) is 36.4 Å². The van der Waals surface area contributed by atoms with Crippen LogP contribution in [0.3, 0.4) is 0 Å². The molecule has 9 heteroatoms. The molecule has 43 heavy (non-hydrogen) atoms. The molecule has 1 aromatic heterocycles. The molecule has 1 aliphatic carbocycles. The average molecular weight is 592 g/mol. The Morgan fingerprint density at radius 1 is 0.930 bits per heavy atom. The molecule has 6 nitrogen and oxygen atoms in total. The van der Waals surface area contributed by atoms with Crippen LogP contribution < -0.4 is 4.74 Å². The Kier molecular flexibility index (Phi) is 8.89. The van der Waals surface area contributed by atoms with Gasteiger partial charge in [0.2, 0.25) is 0 Å². The number of aliphatic carboxylic acids is 2. The monoisotopic (exact) mass is 591 g/mol. The standard InChI is InChI=1S/C34H32F3NO5/c35-27-16-23(17-28(36)33(27)37)4-1-2-15-43-26-11-8-22(9-12-26)7-10-24-5-3-6-29-32(24)25(18-30(39)40)20-38(29)21-34(13-14-34)19-31(41)42/h3,5-12,16-17,20H,1-2,4,13-15,18-19,21H2,(H,39,40)(H,41,42). The Balaban J connectivity index is 1.22. The third-order valence-electron chi connectivity index (χ3n) is 7.86. The predicted octanol–water partition coefficient (Wildman–Crippen LogP) is 7.51. The highest BCUT2D eigenvalue weighted by Gasteiger charge is 2.45. The van der Waals surface area contributed by atoms with Crippen molar-refractivity contribution in [1.29, 1.82) is 0 Å². The van der Waals surface area contributed by atoms with Gasteiger partial charge in [-0.25, -0.2) is 13.2 Å². The number of aromatic nitrogens is 1. The summed E-state index contributed by atoms with van der Waals surface area (Å²) in [6.45, 7) is 0.952. The number of unbranched alkanes of at least 4 members (excludes halogenated alkanes) is 1. The van der Waals surface area contributed by atoms with E-state index in [4.69, 9.17) is 4.74 Å². The minimum atomic E-state index is -1.46. The number of halogens is 3. The van der Waals surface area contributed by atoms with Gasteiger partial charge in [0.05, 0.1) is 19.4 Å². The second kappa shape index (κ2) is 12.8. The van der Waals surface area contributed by atoms with Gasteiger partial charge in [0.25, 0.3) is 0 Å². The minimum Gasteiger partial charge on any atom is -0.494 e. The molecule has 0 spiro atoms. The highest BCUT2D eigenvalue weighted by atomic mass is 19.2. The number of fused-ring (bicyclic) bond motifs is 1. The SMILES string of the molecule is O=C(O)Cc1cn(CC2(CC(=O)O)CC2)c2cccc(C=Cc3ccc(OCCCCc4cc(F)c(F)c(F)c4)cc3)c12. The number of ether oxygens (including phenoxy) is 1. The summed E-state index contributed by atoms with van der Waals surface area (Å²) in [6, 6.07) is 15.3. The van der Waals surface area contributed by atoms with Crippen LogP contribution in [0.1, 0.15) is 54.4 Å². The third kappa shape index (κ3) is 7.46. The second-order valence-corrected chi connectivity index (χ2v) is 11.2. The van der Waals surface area contributed by atoms with Crippen molar-refractivity contribution in [2.24, 2.45) is 5.41 Å². The van der Waals surface area contributed by atoms with E-state index in [1.54, 1.807) is 0 Å². The van der Waals surface area contributed by atoms with Crippen molar-refractivity contribution >= 4 is 35.0 Å². The smallest absolute Gasteiger partial charge is 0.307 e. The quantitative estimate of drug-likeness (QED) is 0.0900. The van der Waals surface area contributed by atoms with Crippen molar-refractivity contribution in [2.45, 2.75) is 51.5 Å². The molecular weight excluding hydrogens is 559 g/mol. The molecule has 0 saturated heterocycles. The van der Waals surface area contributed by atoms with Gasteiger partial charge >= 0.3 is 11.9 Å². The normalized spacial score (nSPS) is 13.9. The lowest BCUT2D eigenvalue weighted by Gasteiger charge is -2.14. The number of benzene rings is 3. The number of rotatable bonds is 14. The van der Waals surface area contributed by atoms with Gasteiger partial charge in [-0.05, 0) is 90.1 Å². The van der Waals surface area contributed by atoms with E-state index in [1.165, 1.54) is 0 Å². The van der Waals surface area contributed by atoms with E-state index in [1.807, 2.05) is 65.4 Å². The summed E-state index contributed by atoms with van der Waals surface area (Å²) < 4.78 is 47.6. The Bertz CT molecular complexity index is 1650. The number of carboxylic acids is 2. The molecule has 0 bridgehead atoms. The van der Waals surface area contributed by atoms with E-state index in [0.717, 1.165) is 47.0 Å². The first-order valence-corrected chi connectivity index (χ1v) is 14.2. The van der Waals surface area contributed by atoms with Crippen molar-refractivity contribution < 1.29 is 37.7 Å². The van der Waals surface area contributed by atoms with Crippen LogP contribution in [0, 0.1) is 22.9 Å². The van der Waals surface area contributed by atoms with E-state index in [0.29, 0.717) is 49.3 Å². The van der Waals surface area contributed by atoms with E-state index < -0.39 is 29.4 Å². The van der Waals surface area contributed by atoms with Crippen molar-refractivity contribution in [3.05, 3.63) is 100 Å². The van der Waals surface area contributed by atoms with Gasteiger partial charge in [0.1, 0.15) is 5.75 Å². The van der Waals surface area contributed by atoms with Gasteiger partial charge < -0.3 is 19.5 Å². The molecule has 5 rings (SSSR count). The molecule has 0 radical (unpaired) electrons. The highest BCUT2D eigenvalue weighted by Crippen LogP contribution is 2.51. The molecule has 3 aromatic carbocycles. The second-order valence-electron chi connectivity index (χ2n) is 11.2. The maximum Gasteiger partial charge on any atom is 0.307 e. The Hall–Kier alpha value is -4.53. The Morgan fingerprint density at radius 3 is 2.30 bits per heavy atom. The molecular formula is C34H32F3NO5. The maximum absolute atomic E-state index is 13.4. The summed E-state index contributed by atoms with van der Waals surface area (Å²) in [7, 11) is 0. The first-order valence-electron chi connectivity index (χ1n) is 14.2. The molecule has 1 fully saturated rings. The fourth-order valence-corrected chi connectivity index (χ4v) is 5.52. The van der Waals surface area contributed by atoms with Crippen LogP contribution in [0.4, 0.5) is 13.2 Å². The first-order chi connectivity index (χ1) is 20.6. The number of carbonyl (C=O) groups is 2. The molecule has 0 amide bonds. The highest BCUT2D eigenvalue weighted by molar-refractivity contribution is 5.96. The van der Waals surface area contributed by atoms with Crippen LogP contribution >= 0.6 is 0 Å². The van der Waals surface area contributed by atoms with Crippen LogP contribution in [-0.2, 0) is 29.0 Å². The average Bonchev–Trinajstić information content (AvgIpc) is 3.62. The molecule has 2 N–H and O–H groups in total. The largest absolute Gasteiger partial charge is 0.494 e. The number of hydrogen-bond donors (Lipinski definition) is 2. The van der Waals surface area contributed by atoms with Crippen molar-refractivity contribution in [3.8, 4) is 5.75 Å². The number of aryl methyl sites for hydroxylation is 1. The summed E-state index contributed by atoms with van der Waals surface area (Å²) in [5.41, 5.74) is 3.48. The van der Waals surface area contributed by atoms with Crippen molar-refractivity contribution in [3.63, 3.8) is 0 Å². The first kappa shape index (κ1) is 29.9. The number of nitrogens with zero attached hydrogens (tertiary/aromatic N) is 1. The number of carboxylic acid groups (broad SMARTS) is 2. The van der Waals surface area contributed by atoms with E-state index in [2.05, 4.69) is 0 Å². The van der Waals surface area contributed by atoms with Crippen LogP contribution in [0.15, 0.2) is 60.8 Å². The van der Waals surface area contributed by atoms with Crippen LogP contribution in [0.25, 0.3) is 23.1 Å².